The second-order valence-corrected chi connectivity index (χ2v) is 9.98. The fourth-order valence-corrected chi connectivity index (χ4v) is 6.44. The third-order valence-corrected chi connectivity index (χ3v) is 8.23. The number of carbonyl (C=O) groups is 1. The highest BCUT2D eigenvalue weighted by atomic mass is 32.2. The van der Waals surface area contributed by atoms with Crippen molar-refractivity contribution in [1.29, 1.82) is 0 Å². The summed E-state index contributed by atoms with van der Waals surface area (Å²) in [6.45, 7) is 6.05. The number of aliphatic hydroxyl groups is 2. The van der Waals surface area contributed by atoms with Gasteiger partial charge in [0.15, 0.2) is 4.34 Å². The quantitative estimate of drug-likeness (QED) is 0.483. The lowest BCUT2D eigenvalue weighted by Gasteiger charge is -2.46. The Bertz CT molecular complexity index is 978. The standard InChI is InChI=1S/C22H26N2O3S2.C2H2/c1-12-19-18(14(3)26)21(27)24(19)13(2)20(12)29-22-23-17(11-28-22)16-8-6-15(7-9-16)5-4-10-25;1-2/h6-9,11-12,14,18-19,25-26H,4-5,10H2,1-3H3;1-2H/t12-,14-,18-,19?;/m1./s1. The van der Waals surface area contributed by atoms with E-state index in [9.17, 15) is 9.90 Å². The molecule has 1 aromatic carbocycles. The van der Waals surface area contributed by atoms with E-state index in [-0.39, 0.29) is 30.4 Å². The van der Waals surface area contributed by atoms with Crippen molar-refractivity contribution >= 4 is 29.0 Å². The molecule has 1 unspecified atom stereocenters. The van der Waals surface area contributed by atoms with Gasteiger partial charge in [-0.25, -0.2) is 4.98 Å². The molecule has 0 aliphatic carbocycles. The average molecular weight is 457 g/mol. The number of hydrogen-bond acceptors (Lipinski definition) is 6. The summed E-state index contributed by atoms with van der Waals surface area (Å²) in [5, 5.41) is 21.0. The Labute approximate surface area is 192 Å². The van der Waals surface area contributed by atoms with Gasteiger partial charge in [-0.05, 0) is 32.3 Å². The molecule has 0 spiro atoms. The Morgan fingerprint density at radius 3 is 2.58 bits per heavy atom. The molecule has 2 aromatic rings. The van der Waals surface area contributed by atoms with Crippen molar-refractivity contribution in [3.63, 3.8) is 0 Å². The number of aryl methyl sites for hydroxylation is 1. The van der Waals surface area contributed by atoms with Gasteiger partial charge in [-0.2, -0.15) is 0 Å². The van der Waals surface area contributed by atoms with E-state index < -0.39 is 6.10 Å². The Hall–Kier alpha value is -2.11. The van der Waals surface area contributed by atoms with Gasteiger partial charge in [0.2, 0.25) is 5.91 Å². The fraction of sp³-hybridized carbons (Fsp3) is 0.417. The third kappa shape index (κ3) is 4.44. The monoisotopic (exact) mass is 456 g/mol. The minimum absolute atomic E-state index is 0.0334. The molecule has 0 bridgehead atoms. The lowest BCUT2D eigenvalue weighted by molar-refractivity contribution is -0.159. The van der Waals surface area contributed by atoms with Gasteiger partial charge < -0.3 is 15.1 Å². The van der Waals surface area contributed by atoms with Gasteiger partial charge in [0.05, 0.1) is 23.8 Å². The van der Waals surface area contributed by atoms with Gasteiger partial charge in [0, 0.05) is 34.1 Å². The number of fused-ring (bicyclic) bond motifs is 1. The molecule has 1 saturated heterocycles. The third-order valence-electron chi connectivity index (χ3n) is 5.91. The van der Waals surface area contributed by atoms with E-state index in [1.165, 1.54) is 10.5 Å². The first-order chi connectivity index (χ1) is 14.9. The van der Waals surface area contributed by atoms with Crippen molar-refractivity contribution < 1.29 is 15.0 Å². The highest BCUT2D eigenvalue weighted by Crippen LogP contribution is 2.52. The van der Waals surface area contributed by atoms with Crippen molar-refractivity contribution in [1.82, 2.24) is 9.88 Å². The molecule has 164 valence electrons. The summed E-state index contributed by atoms with van der Waals surface area (Å²) >= 11 is 3.26. The van der Waals surface area contributed by atoms with Crippen LogP contribution in [0.5, 0.6) is 0 Å². The second-order valence-electron chi connectivity index (χ2n) is 7.83. The number of benzene rings is 1. The molecule has 0 saturated carbocycles. The number of amides is 1. The molecular formula is C24H28N2O3S2. The van der Waals surface area contributed by atoms with E-state index in [1.54, 1.807) is 30.0 Å². The first kappa shape index (κ1) is 23.6. The van der Waals surface area contributed by atoms with Crippen molar-refractivity contribution in [3.8, 4) is 24.1 Å². The van der Waals surface area contributed by atoms with Crippen LogP contribution in [0.1, 0.15) is 32.8 Å². The van der Waals surface area contributed by atoms with Gasteiger partial charge in [0.1, 0.15) is 0 Å². The Balaban J connectivity index is 0.00000132. The number of thioether (sulfide) groups is 1. The van der Waals surface area contributed by atoms with Crippen LogP contribution in [-0.2, 0) is 11.2 Å². The van der Waals surface area contributed by atoms with Crippen LogP contribution in [0.15, 0.2) is 44.6 Å². The maximum atomic E-state index is 12.4. The molecule has 5 nitrogen and oxygen atoms in total. The zero-order valence-electron chi connectivity index (χ0n) is 18.0. The zero-order chi connectivity index (χ0) is 22.7. The molecule has 1 amide bonds. The van der Waals surface area contributed by atoms with E-state index in [0.717, 1.165) is 34.1 Å². The molecule has 2 aliphatic rings. The van der Waals surface area contributed by atoms with Gasteiger partial charge in [-0.15, -0.1) is 24.2 Å². The highest BCUT2D eigenvalue weighted by Gasteiger charge is 2.57. The topological polar surface area (TPSA) is 73.7 Å². The predicted octanol–water partition coefficient (Wildman–Crippen LogP) is 4.17. The van der Waals surface area contributed by atoms with Gasteiger partial charge in [-0.1, -0.05) is 43.0 Å². The first-order valence-electron chi connectivity index (χ1n) is 10.3. The molecule has 4 atom stereocenters. The molecule has 1 fully saturated rings. The van der Waals surface area contributed by atoms with Gasteiger partial charge in [0.25, 0.3) is 0 Å². The van der Waals surface area contributed by atoms with Crippen LogP contribution >= 0.6 is 23.1 Å². The van der Waals surface area contributed by atoms with Crippen LogP contribution in [0.2, 0.25) is 0 Å². The minimum atomic E-state index is -0.616. The summed E-state index contributed by atoms with van der Waals surface area (Å²) in [7, 11) is 0. The number of rotatable bonds is 7. The number of aromatic nitrogens is 1. The van der Waals surface area contributed by atoms with Crippen molar-refractivity contribution in [2.75, 3.05) is 6.61 Å². The highest BCUT2D eigenvalue weighted by molar-refractivity contribution is 8.04. The molecule has 31 heavy (non-hydrogen) atoms. The number of β-lactam (4-membered cyclic amide) rings is 1. The van der Waals surface area contributed by atoms with E-state index in [4.69, 9.17) is 10.1 Å². The van der Waals surface area contributed by atoms with E-state index >= 15 is 0 Å². The summed E-state index contributed by atoms with van der Waals surface area (Å²) in [5.41, 5.74) is 4.25. The minimum Gasteiger partial charge on any atom is -0.396 e. The first-order valence-corrected chi connectivity index (χ1v) is 12.0. The SMILES string of the molecule is C#C.CC1=C(Sc2nc(-c3ccc(CCCO)cc3)cs2)[C@H](C)C2[C@@H]([C@@H](C)O)C(=O)N12. The Morgan fingerprint density at radius 1 is 1.29 bits per heavy atom. The number of hydrogen-bond donors (Lipinski definition) is 2. The summed E-state index contributed by atoms with van der Waals surface area (Å²) < 4.78 is 0.967. The number of allylic oxidation sites excluding steroid dienone is 1. The lowest BCUT2D eigenvalue weighted by Crippen LogP contribution is -2.62. The lowest BCUT2D eigenvalue weighted by atomic mass is 9.79. The summed E-state index contributed by atoms with van der Waals surface area (Å²) in [6.07, 6.45) is 9.04. The molecule has 4 rings (SSSR count). The summed E-state index contributed by atoms with van der Waals surface area (Å²) in [5.74, 6) is -0.0595. The smallest absolute Gasteiger partial charge is 0.234 e. The number of nitrogens with zero attached hydrogens (tertiary/aromatic N) is 2. The summed E-state index contributed by atoms with van der Waals surface area (Å²) in [4.78, 5) is 20.2. The molecule has 1 aromatic heterocycles. The second kappa shape index (κ2) is 10.0. The largest absolute Gasteiger partial charge is 0.396 e. The molecular weight excluding hydrogens is 428 g/mol. The number of terminal acetylenes is 1. The van der Waals surface area contributed by atoms with Crippen LogP contribution in [0, 0.1) is 24.7 Å². The van der Waals surface area contributed by atoms with Gasteiger partial charge in [-0.3, -0.25) is 4.79 Å². The Morgan fingerprint density at radius 2 is 1.97 bits per heavy atom. The van der Waals surface area contributed by atoms with E-state index in [2.05, 4.69) is 49.4 Å². The molecule has 2 aliphatic heterocycles. The van der Waals surface area contributed by atoms with E-state index in [1.807, 2.05) is 11.8 Å². The zero-order valence-corrected chi connectivity index (χ0v) is 19.6. The van der Waals surface area contributed by atoms with Crippen LogP contribution < -0.4 is 0 Å². The molecule has 2 N–H and O–H groups in total. The van der Waals surface area contributed by atoms with E-state index in [0.29, 0.717) is 0 Å². The van der Waals surface area contributed by atoms with Crippen molar-refractivity contribution in [3.05, 3.63) is 45.8 Å². The fourth-order valence-electron chi connectivity index (χ4n) is 4.37. The van der Waals surface area contributed by atoms with Gasteiger partial charge >= 0.3 is 0 Å². The van der Waals surface area contributed by atoms with Crippen LogP contribution in [0.4, 0.5) is 0 Å². The van der Waals surface area contributed by atoms with Crippen LogP contribution in [0.3, 0.4) is 0 Å². The maximum Gasteiger partial charge on any atom is 0.234 e. The van der Waals surface area contributed by atoms with Crippen molar-refractivity contribution in [2.45, 2.75) is 50.1 Å². The average Bonchev–Trinajstić information content (AvgIpc) is 3.30. The normalized spacial score (nSPS) is 23.1. The summed E-state index contributed by atoms with van der Waals surface area (Å²) in [6, 6.07) is 8.41. The molecule has 3 heterocycles. The van der Waals surface area contributed by atoms with Crippen LogP contribution in [-0.4, -0.2) is 44.8 Å². The number of thiazole rings is 1. The molecule has 0 radical (unpaired) electrons. The number of aliphatic hydroxyl groups excluding tert-OH is 2. The number of carbonyl (C=O) groups excluding carboxylic acids is 1. The van der Waals surface area contributed by atoms with Crippen molar-refractivity contribution in [2.24, 2.45) is 11.8 Å². The molecule has 7 heteroatoms. The Kier molecular flexibility index (Phi) is 7.60. The predicted molar refractivity (Wildman–Crippen MR) is 126 cm³/mol. The van der Waals surface area contributed by atoms with Crippen LogP contribution in [0.25, 0.3) is 11.3 Å². The maximum absolute atomic E-state index is 12.4.